The van der Waals surface area contributed by atoms with Crippen LogP contribution in [0.15, 0.2) is 34.9 Å². The van der Waals surface area contributed by atoms with Crippen molar-refractivity contribution in [3.05, 3.63) is 47.4 Å². The van der Waals surface area contributed by atoms with Crippen LogP contribution < -0.4 is 15.8 Å². The number of anilines is 1. The smallest absolute Gasteiger partial charge is 0.338 e. The molecule has 7 heteroatoms. The fourth-order valence-electron chi connectivity index (χ4n) is 1.77. The molecule has 1 aromatic heterocycles. The fraction of sp³-hybridized carbons (Fsp3) is 0.143. The summed E-state index contributed by atoms with van der Waals surface area (Å²) in [7, 11) is 1.50. The number of rotatable bonds is 6. The van der Waals surface area contributed by atoms with E-state index in [9.17, 15) is 9.59 Å². The monoisotopic (exact) mass is 290 g/mol. The average Bonchev–Trinajstić information content (AvgIpc) is 2.93. The molecule has 2 aromatic rings. The van der Waals surface area contributed by atoms with E-state index in [1.54, 1.807) is 18.2 Å². The fourth-order valence-corrected chi connectivity index (χ4v) is 1.77. The molecule has 0 unspecified atom stereocenters. The van der Waals surface area contributed by atoms with Gasteiger partial charge in [0.1, 0.15) is 17.8 Å². The highest BCUT2D eigenvalue weighted by Crippen LogP contribution is 2.26. The lowest BCUT2D eigenvalue weighted by Crippen LogP contribution is -2.11. The highest BCUT2D eigenvalue weighted by atomic mass is 16.5. The molecule has 7 nitrogen and oxygen atoms in total. The van der Waals surface area contributed by atoms with E-state index in [1.807, 2.05) is 0 Å². The van der Waals surface area contributed by atoms with Crippen molar-refractivity contribution < 1.29 is 23.8 Å². The van der Waals surface area contributed by atoms with Gasteiger partial charge in [0.15, 0.2) is 0 Å². The summed E-state index contributed by atoms with van der Waals surface area (Å²) in [5.41, 5.74) is 6.20. The number of nitrogens with one attached hydrogen (secondary N) is 1. The number of carbonyl (C=O) groups excluding carboxylic acids is 1. The summed E-state index contributed by atoms with van der Waals surface area (Å²) in [5, 5.41) is 11.8. The molecule has 2 rings (SSSR count). The number of hydrogen-bond donors (Lipinski definition) is 3. The van der Waals surface area contributed by atoms with Gasteiger partial charge in [0.25, 0.3) is 0 Å². The average molecular weight is 290 g/mol. The van der Waals surface area contributed by atoms with Crippen molar-refractivity contribution in [3.8, 4) is 5.75 Å². The Kier molecular flexibility index (Phi) is 4.13. The first kappa shape index (κ1) is 14.4. The van der Waals surface area contributed by atoms with Crippen LogP contribution in [0.1, 0.15) is 26.5 Å². The number of primary amides is 1. The number of carboxylic acids is 1. The highest BCUT2D eigenvalue weighted by Gasteiger charge is 2.10. The molecule has 0 aliphatic heterocycles. The number of aromatic carboxylic acids is 1. The summed E-state index contributed by atoms with van der Waals surface area (Å²) in [4.78, 5) is 21.9. The second kappa shape index (κ2) is 6.00. The van der Waals surface area contributed by atoms with Crippen molar-refractivity contribution in [1.82, 2.24) is 0 Å². The van der Waals surface area contributed by atoms with Gasteiger partial charge in [0.05, 0.1) is 24.9 Å². The Morgan fingerprint density at radius 2 is 2.10 bits per heavy atom. The maximum absolute atomic E-state index is 11.2. The van der Waals surface area contributed by atoms with Crippen molar-refractivity contribution in [3.63, 3.8) is 0 Å². The van der Waals surface area contributed by atoms with Gasteiger partial charge >= 0.3 is 5.97 Å². The lowest BCUT2D eigenvalue weighted by Gasteiger charge is -2.11. The van der Waals surface area contributed by atoms with Crippen LogP contribution in [0.5, 0.6) is 5.75 Å². The highest BCUT2D eigenvalue weighted by molar-refractivity contribution is 5.94. The first-order valence-corrected chi connectivity index (χ1v) is 6.03. The van der Waals surface area contributed by atoms with Crippen LogP contribution in [-0.4, -0.2) is 24.1 Å². The van der Waals surface area contributed by atoms with Crippen LogP contribution >= 0.6 is 0 Å². The summed E-state index contributed by atoms with van der Waals surface area (Å²) in [6.07, 6.45) is 1.16. The Balaban J connectivity index is 2.15. The second-order valence-corrected chi connectivity index (χ2v) is 4.24. The van der Waals surface area contributed by atoms with Crippen molar-refractivity contribution in [1.29, 1.82) is 0 Å². The maximum atomic E-state index is 11.2. The summed E-state index contributed by atoms with van der Waals surface area (Å²) in [6.45, 7) is 0.242. The van der Waals surface area contributed by atoms with Gasteiger partial charge in [0, 0.05) is 5.56 Å². The Morgan fingerprint density at radius 1 is 1.33 bits per heavy atom. The molecular formula is C14H14N2O5. The second-order valence-electron chi connectivity index (χ2n) is 4.24. The quantitative estimate of drug-likeness (QED) is 0.745. The molecule has 110 valence electrons. The number of benzene rings is 1. The van der Waals surface area contributed by atoms with Gasteiger partial charge in [-0.15, -0.1) is 0 Å². The normalized spacial score (nSPS) is 10.1. The predicted molar refractivity (Wildman–Crippen MR) is 74.5 cm³/mol. The molecule has 0 radical (unpaired) electrons. The molecule has 0 aliphatic rings. The van der Waals surface area contributed by atoms with Gasteiger partial charge in [-0.2, -0.15) is 0 Å². The van der Waals surface area contributed by atoms with E-state index in [1.165, 1.54) is 13.2 Å². The largest absolute Gasteiger partial charge is 0.495 e. The lowest BCUT2D eigenvalue weighted by molar-refractivity contribution is 0.0696. The van der Waals surface area contributed by atoms with Gasteiger partial charge in [-0.1, -0.05) is 0 Å². The molecule has 1 aromatic carbocycles. The summed E-state index contributed by atoms with van der Waals surface area (Å²) >= 11 is 0. The Morgan fingerprint density at radius 3 is 2.67 bits per heavy atom. The number of carbonyl (C=O) groups is 2. The molecule has 0 spiro atoms. The predicted octanol–water partition coefficient (Wildman–Crippen LogP) is 1.70. The maximum Gasteiger partial charge on any atom is 0.338 e. The van der Waals surface area contributed by atoms with E-state index < -0.39 is 11.9 Å². The minimum absolute atomic E-state index is 0.0738. The molecule has 0 bridgehead atoms. The van der Waals surface area contributed by atoms with Gasteiger partial charge in [-0.3, -0.25) is 4.79 Å². The molecule has 1 heterocycles. The van der Waals surface area contributed by atoms with E-state index in [2.05, 4.69) is 5.32 Å². The minimum atomic E-state index is -1.06. The Hall–Kier alpha value is -2.96. The summed E-state index contributed by atoms with van der Waals surface area (Å²) in [6, 6.07) is 6.15. The number of methoxy groups -OCH3 is 1. The molecule has 0 saturated heterocycles. The van der Waals surface area contributed by atoms with Gasteiger partial charge in [0.2, 0.25) is 5.91 Å². The van der Waals surface area contributed by atoms with Crippen molar-refractivity contribution in [2.45, 2.75) is 6.54 Å². The molecule has 4 N–H and O–H groups in total. The molecule has 0 fully saturated rings. The van der Waals surface area contributed by atoms with E-state index in [-0.39, 0.29) is 12.1 Å². The van der Waals surface area contributed by atoms with E-state index >= 15 is 0 Å². The summed E-state index contributed by atoms with van der Waals surface area (Å²) < 4.78 is 10.3. The Labute approximate surface area is 120 Å². The topological polar surface area (TPSA) is 115 Å². The summed E-state index contributed by atoms with van der Waals surface area (Å²) in [5.74, 6) is -0.630. The van der Waals surface area contributed by atoms with E-state index in [0.717, 1.165) is 6.26 Å². The van der Waals surface area contributed by atoms with Gasteiger partial charge in [-0.05, 0) is 24.3 Å². The number of amides is 1. The zero-order chi connectivity index (χ0) is 15.4. The molecule has 0 saturated carbocycles. The van der Waals surface area contributed by atoms with Gasteiger partial charge in [-0.25, -0.2) is 4.79 Å². The van der Waals surface area contributed by atoms with Crippen molar-refractivity contribution >= 4 is 17.6 Å². The lowest BCUT2D eigenvalue weighted by atomic mass is 10.1. The number of nitrogens with two attached hydrogens (primary N) is 1. The number of hydrogen-bond acceptors (Lipinski definition) is 5. The third-order valence-electron chi connectivity index (χ3n) is 2.84. The van der Waals surface area contributed by atoms with Crippen LogP contribution in [0, 0.1) is 0 Å². The number of ether oxygens (including phenoxy) is 1. The van der Waals surface area contributed by atoms with Gasteiger partial charge < -0.3 is 25.3 Å². The third kappa shape index (κ3) is 3.33. The zero-order valence-electron chi connectivity index (χ0n) is 11.3. The third-order valence-corrected chi connectivity index (χ3v) is 2.84. The van der Waals surface area contributed by atoms with Crippen LogP contribution in [-0.2, 0) is 6.54 Å². The zero-order valence-corrected chi connectivity index (χ0v) is 11.3. The molecule has 21 heavy (non-hydrogen) atoms. The Bertz CT molecular complexity index is 678. The van der Waals surface area contributed by atoms with Crippen LogP contribution in [0.4, 0.5) is 5.69 Å². The molecule has 0 aliphatic carbocycles. The minimum Gasteiger partial charge on any atom is -0.495 e. The van der Waals surface area contributed by atoms with Crippen molar-refractivity contribution in [2.75, 3.05) is 12.4 Å². The SMILES string of the molecule is COc1ccc(C(N)=O)cc1NCc1cc(C(=O)O)co1. The molecule has 1 amide bonds. The van der Waals surface area contributed by atoms with Crippen LogP contribution in [0.3, 0.4) is 0 Å². The van der Waals surface area contributed by atoms with Crippen LogP contribution in [0.2, 0.25) is 0 Å². The standard InChI is InChI=1S/C14H14N2O5/c1-20-12-3-2-8(13(15)17)5-11(12)16-6-10-4-9(7-21-10)14(18)19/h2-5,7,16H,6H2,1H3,(H2,15,17)(H,18,19). The number of furan rings is 1. The number of carboxylic acid groups (broad SMARTS) is 1. The van der Waals surface area contributed by atoms with E-state index in [0.29, 0.717) is 22.8 Å². The first-order valence-electron chi connectivity index (χ1n) is 6.03. The molecule has 0 atom stereocenters. The van der Waals surface area contributed by atoms with Crippen LogP contribution in [0.25, 0.3) is 0 Å². The first-order chi connectivity index (χ1) is 10.0. The molecular weight excluding hydrogens is 276 g/mol. The van der Waals surface area contributed by atoms with E-state index in [4.69, 9.17) is 20.0 Å². The van der Waals surface area contributed by atoms with Crippen molar-refractivity contribution in [2.24, 2.45) is 5.73 Å².